The first-order valence-electron chi connectivity index (χ1n) is 6.42. The van der Waals surface area contributed by atoms with Crippen LogP contribution in [0.15, 0.2) is 33.7 Å². The summed E-state index contributed by atoms with van der Waals surface area (Å²) in [4.78, 5) is 4.58. The van der Waals surface area contributed by atoms with Gasteiger partial charge in [-0.3, -0.25) is 4.99 Å². The molecule has 0 fully saturated rings. The molecule has 0 aromatic heterocycles. The zero-order chi connectivity index (χ0) is 13.0. The van der Waals surface area contributed by atoms with Gasteiger partial charge in [0, 0.05) is 9.72 Å². The van der Waals surface area contributed by atoms with Crippen molar-refractivity contribution in [2.75, 3.05) is 6.54 Å². The van der Waals surface area contributed by atoms with E-state index < -0.39 is 0 Å². The Morgan fingerprint density at radius 3 is 2.83 bits per heavy atom. The summed E-state index contributed by atoms with van der Waals surface area (Å²) in [6.07, 6.45) is 2.49. The van der Waals surface area contributed by atoms with Gasteiger partial charge in [0.1, 0.15) is 0 Å². The van der Waals surface area contributed by atoms with E-state index in [1.54, 1.807) is 0 Å². The predicted octanol–water partition coefficient (Wildman–Crippen LogP) is 4.37. The summed E-state index contributed by atoms with van der Waals surface area (Å²) in [7, 11) is 0. The Bertz CT molecular complexity index is 416. The fourth-order valence-corrected chi connectivity index (χ4v) is 3.47. The van der Waals surface area contributed by atoms with Crippen molar-refractivity contribution in [2.45, 2.75) is 38.0 Å². The molecule has 1 heterocycles. The Morgan fingerprint density at radius 1 is 1.44 bits per heavy atom. The maximum Gasteiger partial charge on any atom is 0.157 e. The Hall–Kier alpha value is -0.480. The molecule has 1 aliphatic heterocycles. The molecule has 0 bridgehead atoms. The smallest absolute Gasteiger partial charge is 0.157 e. The first-order chi connectivity index (χ1) is 8.69. The maximum absolute atomic E-state index is 4.58. The molecule has 2 unspecified atom stereocenters. The summed E-state index contributed by atoms with van der Waals surface area (Å²) in [5, 5.41) is 5.28. The molecule has 2 nitrogen and oxygen atoms in total. The summed E-state index contributed by atoms with van der Waals surface area (Å²) < 4.78 is 1.12. The topological polar surface area (TPSA) is 24.4 Å². The lowest BCUT2D eigenvalue weighted by atomic mass is 10.1. The lowest BCUT2D eigenvalue weighted by Crippen LogP contribution is -2.23. The molecule has 2 atom stereocenters. The van der Waals surface area contributed by atoms with Crippen LogP contribution in [-0.2, 0) is 0 Å². The molecule has 4 heteroatoms. The van der Waals surface area contributed by atoms with Gasteiger partial charge in [0.25, 0.3) is 0 Å². The second-order valence-corrected chi connectivity index (χ2v) is 6.80. The van der Waals surface area contributed by atoms with E-state index in [9.17, 15) is 0 Å². The highest BCUT2D eigenvalue weighted by molar-refractivity contribution is 9.10. The highest BCUT2D eigenvalue weighted by Crippen LogP contribution is 2.25. The normalized spacial score (nSPS) is 20.6. The highest BCUT2D eigenvalue weighted by atomic mass is 79.9. The molecule has 1 aliphatic rings. The van der Waals surface area contributed by atoms with Crippen LogP contribution in [0.1, 0.15) is 38.3 Å². The molecule has 0 radical (unpaired) electrons. The third-order valence-corrected chi connectivity index (χ3v) is 4.75. The van der Waals surface area contributed by atoms with E-state index in [4.69, 9.17) is 0 Å². The number of hydrogen-bond acceptors (Lipinski definition) is 3. The van der Waals surface area contributed by atoms with Gasteiger partial charge in [0.15, 0.2) is 5.17 Å². The second kappa shape index (κ2) is 6.62. The third kappa shape index (κ3) is 3.75. The van der Waals surface area contributed by atoms with Crippen molar-refractivity contribution in [2.24, 2.45) is 4.99 Å². The molecule has 0 amide bonds. The van der Waals surface area contributed by atoms with Gasteiger partial charge in [0.2, 0.25) is 0 Å². The van der Waals surface area contributed by atoms with Crippen molar-refractivity contribution in [3.05, 3.63) is 34.3 Å². The van der Waals surface area contributed by atoms with E-state index in [0.29, 0.717) is 11.3 Å². The van der Waals surface area contributed by atoms with E-state index in [0.717, 1.165) is 16.2 Å². The van der Waals surface area contributed by atoms with E-state index in [-0.39, 0.29) is 0 Å². The van der Waals surface area contributed by atoms with Crippen LogP contribution in [0.3, 0.4) is 0 Å². The van der Waals surface area contributed by atoms with Gasteiger partial charge < -0.3 is 5.32 Å². The van der Waals surface area contributed by atoms with E-state index >= 15 is 0 Å². The number of aliphatic imine (C=N–C) groups is 1. The molecule has 1 aromatic rings. The van der Waals surface area contributed by atoms with Crippen molar-refractivity contribution in [1.82, 2.24) is 5.32 Å². The van der Waals surface area contributed by atoms with Gasteiger partial charge in [0.05, 0.1) is 12.6 Å². The van der Waals surface area contributed by atoms with Crippen LogP contribution in [0.25, 0.3) is 0 Å². The van der Waals surface area contributed by atoms with Crippen LogP contribution in [-0.4, -0.2) is 17.0 Å². The van der Waals surface area contributed by atoms with Gasteiger partial charge in [-0.15, -0.1) is 0 Å². The quantitative estimate of drug-likeness (QED) is 0.888. The number of thioether (sulfide) groups is 1. The van der Waals surface area contributed by atoms with Gasteiger partial charge in [-0.1, -0.05) is 53.2 Å². The molecule has 0 saturated heterocycles. The molecule has 18 heavy (non-hydrogen) atoms. The monoisotopic (exact) mass is 326 g/mol. The molecule has 1 aromatic carbocycles. The van der Waals surface area contributed by atoms with Crippen molar-refractivity contribution in [1.29, 1.82) is 0 Å². The van der Waals surface area contributed by atoms with Crippen LogP contribution in [0.5, 0.6) is 0 Å². The van der Waals surface area contributed by atoms with E-state index in [1.165, 1.54) is 18.4 Å². The number of nitrogens with one attached hydrogen (secondary N) is 1. The molecule has 1 N–H and O–H groups in total. The molecule has 0 saturated carbocycles. The minimum Gasteiger partial charge on any atom is -0.358 e. The lowest BCUT2D eigenvalue weighted by molar-refractivity contribution is 0.720. The number of hydrogen-bond donors (Lipinski definition) is 1. The number of amidine groups is 1. The lowest BCUT2D eigenvalue weighted by Gasteiger charge is -2.15. The van der Waals surface area contributed by atoms with Crippen LogP contribution < -0.4 is 5.32 Å². The summed E-state index contributed by atoms with van der Waals surface area (Å²) in [5.74, 6) is 0. The van der Waals surface area contributed by atoms with Gasteiger partial charge in [-0.25, -0.2) is 0 Å². The summed E-state index contributed by atoms with van der Waals surface area (Å²) in [5.41, 5.74) is 1.29. The van der Waals surface area contributed by atoms with Crippen molar-refractivity contribution < 1.29 is 0 Å². The minimum absolute atomic E-state index is 0.310. The molecule has 0 aliphatic carbocycles. The zero-order valence-corrected chi connectivity index (χ0v) is 13.2. The molecule has 2 rings (SSSR count). The zero-order valence-electron chi connectivity index (χ0n) is 10.8. The average Bonchev–Trinajstić information content (AvgIpc) is 2.78. The highest BCUT2D eigenvalue weighted by Gasteiger charge is 2.20. The number of rotatable bonds is 4. The average molecular weight is 327 g/mol. The number of benzene rings is 1. The second-order valence-electron chi connectivity index (χ2n) is 4.59. The van der Waals surface area contributed by atoms with E-state index in [2.05, 4.69) is 64.4 Å². The number of nitrogens with zero attached hydrogens (tertiary/aromatic N) is 1. The van der Waals surface area contributed by atoms with E-state index in [1.807, 2.05) is 11.8 Å². The Kier molecular flexibility index (Phi) is 5.13. The first-order valence-corrected chi connectivity index (χ1v) is 8.09. The van der Waals surface area contributed by atoms with Crippen LogP contribution in [0.2, 0.25) is 0 Å². The maximum atomic E-state index is 4.58. The predicted molar refractivity (Wildman–Crippen MR) is 84.3 cm³/mol. The first kappa shape index (κ1) is 13.9. The van der Waals surface area contributed by atoms with Crippen LogP contribution >= 0.6 is 27.7 Å². The van der Waals surface area contributed by atoms with Crippen LogP contribution in [0.4, 0.5) is 0 Å². The van der Waals surface area contributed by atoms with Gasteiger partial charge >= 0.3 is 0 Å². The summed E-state index contributed by atoms with van der Waals surface area (Å²) in [6, 6.07) is 8.76. The summed E-state index contributed by atoms with van der Waals surface area (Å²) in [6.45, 7) is 5.38. The fourth-order valence-electron chi connectivity index (χ4n) is 1.99. The molecule has 98 valence electrons. The van der Waals surface area contributed by atoms with Crippen molar-refractivity contribution in [3.63, 3.8) is 0 Å². The van der Waals surface area contributed by atoms with Gasteiger partial charge in [-0.2, -0.15) is 0 Å². The molecular formula is C14H19BrN2S. The SMILES string of the molecule is CCCC1CN=C(NC(C)c2ccc(Br)cc2)S1. The molecular weight excluding hydrogens is 308 g/mol. The third-order valence-electron chi connectivity index (χ3n) is 3.04. The largest absolute Gasteiger partial charge is 0.358 e. The van der Waals surface area contributed by atoms with Crippen molar-refractivity contribution in [3.8, 4) is 0 Å². The van der Waals surface area contributed by atoms with Gasteiger partial charge in [-0.05, 0) is 31.0 Å². The standard InChI is InChI=1S/C14H19BrN2S/c1-3-4-13-9-16-14(18-13)17-10(2)11-5-7-12(15)8-6-11/h5-8,10,13H,3-4,9H2,1-2H3,(H,16,17). The molecule has 0 spiro atoms. The Morgan fingerprint density at radius 2 is 2.17 bits per heavy atom. The summed E-state index contributed by atoms with van der Waals surface area (Å²) >= 11 is 5.35. The number of halogens is 1. The minimum atomic E-state index is 0.310. The Labute approximate surface area is 122 Å². The fraction of sp³-hybridized carbons (Fsp3) is 0.500. The van der Waals surface area contributed by atoms with Crippen LogP contribution in [0, 0.1) is 0 Å². The Balaban J connectivity index is 1.88. The van der Waals surface area contributed by atoms with Crippen molar-refractivity contribution >= 4 is 32.9 Å².